The lowest BCUT2D eigenvalue weighted by molar-refractivity contribution is -0.186. The van der Waals surface area contributed by atoms with Gasteiger partial charge in [-0.15, -0.1) is 0 Å². The number of aliphatic carboxylic acids is 1. The van der Waals surface area contributed by atoms with Crippen molar-refractivity contribution in [3.05, 3.63) is 12.2 Å². The van der Waals surface area contributed by atoms with E-state index in [1.165, 1.54) is 6.42 Å². The first-order valence-corrected chi connectivity index (χ1v) is 5.91. The lowest BCUT2D eigenvalue weighted by Gasteiger charge is -2.31. The first kappa shape index (κ1) is 11.6. The summed E-state index contributed by atoms with van der Waals surface area (Å²) >= 11 is 0. The Hall–Kier alpha value is -0.870. The first-order chi connectivity index (χ1) is 7.70. The molecule has 0 radical (unpaired) electrons. The minimum atomic E-state index is -0.911. The second kappa shape index (κ2) is 4.97. The van der Waals surface area contributed by atoms with Gasteiger partial charge in [0, 0.05) is 18.9 Å². The Labute approximate surface area is 95.2 Å². The van der Waals surface area contributed by atoms with Crippen molar-refractivity contribution in [2.75, 3.05) is 6.61 Å². The van der Waals surface area contributed by atoms with Crippen molar-refractivity contribution in [2.24, 2.45) is 0 Å². The number of rotatable bonds is 3. The molecule has 1 heterocycles. The Kier molecular flexibility index (Phi) is 3.61. The van der Waals surface area contributed by atoms with E-state index < -0.39 is 5.97 Å². The van der Waals surface area contributed by atoms with Crippen molar-refractivity contribution < 1.29 is 19.4 Å². The lowest BCUT2D eigenvalue weighted by atomic mass is 9.94. The molecule has 4 nitrogen and oxygen atoms in total. The zero-order valence-corrected chi connectivity index (χ0v) is 9.35. The van der Waals surface area contributed by atoms with Gasteiger partial charge in [0.05, 0.1) is 12.7 Å². The summed E-state index contributed by atoms with van der Waals surface area (Å²) in [5, 5.41) is 8.47. The number of carboxylic acids is 1. The Balaban J connectivity index is 1.80. The number of carbonyl (C=O) groups is 1. The maximum Gasteiger partial charge on any atom is 0.327 e. The summed E-state index contributed by atoms with van der Waals surface area (Å²) < 4.78 is 11.7. The van der Waals surface area contributed by atoms with Gasteiger partial charge in [-0.3, -0.25) is 0 Å². The maximum atomic E-state index is 10.3. The lowest BCUT2D eigenvalue weighted by Crippen LogP contribution is -2.33. The van der Waals surface area contributed by atoms with Crippen LogP contribution in [0.2, 0.25) is 0 Å². The largest absolute Gasteiger partial charge is 0.478 e. The average molecular weight is 226 g/mol. The molecule has 1 spiro atoms. The highest BCUT2D eigenvalue weighted by atomic mass is 16.7. The van der Waals surface area contributed by atoms with Crippen LogP contribution in [0.3, 0.4) is 0 Å². The molecule has 90 valence electrons. The van der Waals surface area contributed by atoms with Crippen LogP contribution in [0.1, 0.15) is 38.5 Å². The number of hydrogen-bond acceptors (Lipinski definition) is 3. The number of ether oxygens (including phenoxy) is 2. The van der Waals surface area contributed by atoms with E-state index in [9.17, 15) is 4.79 Å². The van der Waals surface area contributed by atoms with Gasteiger partial charge in [-0.05, 0) is 19.3 Å². The summed E-state index contributed by atoms with van der Waals surface area (Å²) in [4.78, 5) is 10.3. The molecule has 0 amide bonds. The highest BCUT2D eigenvalue weighted by Crippen LogP contribution is 2.38. The molecule has 1 aliphatic heterocycles. The van der Waals surface area contributed by atoms with Gasteiger partial charge in [0.15, 0.2) is 5.79 Å². The number of carboxylic acid groups (broad SMARTS) is 1. The van der Waals surface area contributed by atoms with E-state index in [0.29, 0.717) is 13.0 Å². The van der Waals surface area contributed by atoms with Crippen LogP contribution in [-0.4, -0.2) is 29.6 Å². The third-order valence-corrected chi connectivity index (χ3v) is 3.19. The quantitative estimate of drug-likeness (QED) is 0.749. The third-order valence-electron chi connectivity index (χ3n) is 3.19. The molecular weight excluding hydrogens is 208 g/mol. The molecule has 2 aliphatic rings. The van der Waals surface area contributed by atoms with Crippen molar-refractivity contribution in [3.8, 4) is 0 Å². The smallest absolute Gasteiger partial charge is 0.327 e. The van der Waals surface area contributed by atoms with Gasteiger partial charge >= 0.3 is 5.97 Å². The van der Waals surface area contributed by atoms with Crippen molar-refractivity contribution in [3.63, 3.8) is 0 Å². The normalized spacial score (nSPS) is 28.9. The van der Waals surface area contributed by atoms with E-state index in [1.54, 1.807) is 6.08 Å². The minimum absolute atomic E-state index is 0.0219. The van der Waals surface area contributed by atoms with Crippen LogP contribution in [0, 0.1) is 0 Å². The van der Waals surface area contributed by atoms with Crippen molar-refractivity contribution in [1.29, 1.82) is 0 Å². The fraction of sp³-hybridized carbons (Fsp3) is 0.750. The molecule has 1 aliphatic carbocycles. The molecule has 2 rings (SSSR count). The molecule has 4 heteroatoms. The van der Waals surface area contributed by atoms with Crippen LogP contribution in [0.5, 0.6) is 0 Å². The summed E-state index contributed by atoms with van der Waals surface area (Å²) in [6, 6.07) is 0. The molecule has 0 aromatic rings. The zero-order chi connectivity index (χ0) is 11.4. The Morgan fingerprint density at radius 2 is 2.12 bits per heavy atom. The molecule has 16 heavy (non-hydrogen) atoms. The second-order valence-electron chi connectivity index (χ2n) is 4.50. The van der Waals surface area contributed by atoms with Gasteiger partial charge in [-0.1, -0.05) is 12.5 Å². The first-order valence-electron chi connectivity index (χ1n) is 5.91. The summed E-state index contributed by atoms with van der Waals surface area (Å²) in [7, 11) is 0. The van der Waals surface area contributed by atoms with Crippen molar-refractivity contribution in [1.82, 2.24) is 0 Å². The van der Waals surface area contributed by atoms with Gasteiger partial charge < -0.3 is 14.6 Å². The Bertz CT molecular complexity index is 279. The van der Waals surface area contributed by atoms with Gasteiger partial charge in [-0.2, -0.15) is 0 Å². The van der Waals surface area contributed by atoms with Crippen molar-refractivity contribution >= 4 is 5.97 Å². The van der Waals surface area contributed by atoms with Gasteiger partial charge in [0.25, 0.3) is 0 Å². The maximum absolute atomic E-state index is 10.3. The summed E-state index contributed by atoms with van der Waals surface area (Å²) in [6.07, 6.45) is 8.99. The Morgan fingerprint density at radius 1 is 1.38 bits per heavy atom. The monoisotopic (exact) mass is 226 g/mol. The standard InChI is InChI=1S/C12H18O4/c13-11(14)6-4-5-10-9-15-12(16-10)7-2-1-3-8-12/h4,6,10H,1-3,5,7-9H2,(H,13,14)/b6-4+/t10-/m0/s1. The van der Waals surface area contributed by atoms with Crippen LogP contribution in [0.15, 0.2) is 12.2 Å². The zero-order valence-electron chi connectivity index (χ0n) is 9.35. The van der Waals surface area contributed by atoms with Crippen LogP contribution in [0.4, 0.5) is 0 Å². The minimum Gasteiger partial charge on any atom is -0.478 e. The van der Waals surface area contributed by atoms with Crippen LogP contribution in [-0.2, 0) is 14.3 Å². The van der Waals surface area contributed by atoms with Crippen LogP contribution in [0.25, 0.3) is 0 Å². The van der Waals surface area contributed by atoms with E-state index in [0.717, 1.165) is 31.8 Å². The topological polar surface area (TPSA) is 55.8 Å². The number of hydrogen-bond donors (Lipinski definition) is 1. The van der Waals surface area contributed by atoms with Crippen LogP contribution >= 0.6 is 0 Å². The van der Waals surface area contributed by atoms with Gasteiger partial charge in [0.2, 0.25) is 0 Å². The fourth-order valence-electron chi connectivity index (χ4n) is 2.41. The molecule has 1 N–H and O–H groups in total. The SMILES string of the molecule is O=C(O)/C=C/C[C@H]1COC2(CCCCC2)O1. The third kappa shape index (κ3) is 2.83. The molecule has 1 atom stereocenters. The highest BCUT2D eigenvalue weighted by Gasteiger charge is 2.41. The molecule has 0 bridgehead atoms. The summed E-state index contributed by atoms with van der Waals surface area (Å²) in [5.74, 6) is -1.26. The van der Waals surface area contributed by atoms with Crippen molar-refractivity contribution in [2.45, 2.75) is 50.4 Å². The van der Waals surface area contributed by atoms with Gasteiger partial charge in [0.1, 0.15) is 0 Å². The van der Waals surface area contributed by atoms with E-state index in [1.807, 2.05) is 0 Å². The predicted molar refractivity (Wildman–Crippen MR) is 58.0 cm³/mol. The fourth-order valence-corrected chi connectivity index (χ4v) is 2.41. The second-order valence-corrected chi connectivity index (χ2v) is 4.50. The summed E-state index contributed by atoms with van der Waals surface area (Å²) in [6.45, 7) is 0.587. The van der Waals surface area contributed by atoms with E-state index >= 15 is 0 Å². The average Bonchev–Trinajstić information content (AvgIpc) is 2.62. The highest BCUT2D eigenvalue weighted by molar-refractivity contribution is 5.79. The summed E-state index contributed by atoms with van der Waals surface area (Å²) in [5.41, 5.74) is 0. The molecule has 0 unspecified atom stereocenters. The van der Waals surface area contributed by atoms with E-state index in [-0.39, 0.29) is 11.9 Å². The molecule has 0 aromatic heterocycles. The molecule has 0 aromatic carbocycles. The van der Waals surface area contributed by atoms with E-state index in [4.69, 9.17) is 14.6 Å². The predicted octanol–water partition coefficient (Wildman–Crippen LogP) is 2.09. The molecule has 1 saturated carbocycles. The Morgan fingerprint density at radius 3 is 2.81 bits per heavy atom. The van der Waals surface area contributed by atoms with Gasteiger partial charge in [-0.25, -0.2) is 4.79 Å². The van der Waals surface area contributed by atoms with E-state index in [2.05, 4.69) is 0 Å². The molecule has 1 saturated heterocycles. The van der Waals surface area contributed by atoms with Crippen LogP contribution < -0.4 is 0 Å². The molecular formula is C12H18O4. The molecule has 2 fully saturated rings.